The van der Waals surface area contributed by atoms with E-state index < -0.39 is 5.82 Å². The Morgan fingerprint density at radius 2 is 1.96 bits per heavy atom. The van der Waals surface area contributed by atoms with Gasteiger partial charge in [0, 0.05) is 19.2 Å². The molecule has 0 atom stereocenters. The minimum atomic E-state index is -0.469. The van der Waals surface area contributed by atoms with Crippen LogP contribution in [0.25, 0.3) is 11.3 Å². The molecule has 1 heterocycles. The maximum absolute atomic E-state index is 13.8. The summed E-state index contributed by atoms with van der Waals surface area (Å²) in [7, 11) is 3.04. The van der Waals surface area contributed by atoms with Crippen molar-refractivity contribution in [2.45, 2.75) is 11.8 Å². The van der Waals surface area contributed by atoms with Crippen molar-refractivity contribution < 1.29 is 22.7 Å². The first-order valence-corrected chi connectivity index (χ1v) is 9.36. The molecule has 0 aliphatic carbocycles. The van der Waals surface area contributed by atoms with E-state index in [0.29, 0.717) is 22.1 Å². The number of benzene rings is 2. The van der Waals surface area contributed by atoms with E-state index in [9.17, 15) is 13.6 Å². The van der Waals surface area contributed by atoms with Crippen LogP contribution in [0.15, 0.2) is 58.3 Å². The minimum Gasteiger partial charge on any atom is -0.494 e. The normalized spacial score (nSPS) is 10.7. The molecule has 28 heavy (non-hydrogen) atoms. The molecule has 0 saturated heterocycles. The van der Waals surface area contributed by atoms with Gasteiger partial charge < -0.3 is 14.1 Å². The van der Waals surface area contributed by atoms with E-state index in [-0.39, 0.29) is 29.8 Å². The Balaban J connectivity index is 1.55. The van der Waals surface area contributed by atoms with Crippen LogP contribution in [0, 0.1) is 11.6 Å². The lowest BCUT2D eigenvalue weighted by atomic mass is 10.2. The van der Waals surface area contributed by atoms with Crippen molar-refractivity contribution >= 4 is 17.7 Å². The van der Waals surface area contributed by atoms with Gasteiger partial charge in [-0.25, -0.2) is 13.8 Å². The summed E-state index contributed by atoms with van der Waals surface area (Å²) in [5.74, 6) is -0.168. The maximum Gasteiger partial charge on any atom is 0.256 e. The summed E-state index contributed by atoms with van der Waals surface area (Å²) in [6, 6.07) is 10.5. The van der Waals surface area contributed by atoms with Crippen molar-refractivity contribution in [1.29, 1.82) is 0 Å². The Hall–Kier alpha value is -2.87. The van der Waals surface area contributed by atoms with Crippen LogP contribution in [0.3, 0.4) is 0 Å². The summed E-state index contributed by atoms with van der Waals surface area (Å²) >= 11 is 1.16. The monoisotopic (exact) mass is 404 g/mol. The number of thioether (sulfide) groups is 1. The number of hydrogen-bond donors (Lipinski definition) is 0. The molecule has 0 N–H and O–H groups in total. The standard InChI is InChI=1S/C20H18F2N2O3S/c1-24(11-13-3-8-17(26-2)16(22)9-13)19(25)12-28-20-23-10-18(27-20)14-4-6-15(21)7-5-14/h3-10H,11-12H2,1-2H3. The lowest BCUT2D eigenvalue weighted by Crippen LogP contribution is -2.27. The average Bonchev–Trinajstić information content (AvgIpc) is 3.16. The number of rotatable bonds is 7. The van der Waals surface area contributed by atoms with Gasteiger partial charge in [0.05, 0.1) is 19.1 Å². The molecule has 0 aliphatic rings. The molecule has 5 nitrogen and oxygen atoms in total. The van der Waals surface area contributed by atoms with Gasteiger partial charge in [0.25, 0.3) is 5.22 Å². The van der Waals surface area contributed by atoms with Crippen molar-refractivity contribution in [2.75, 3.05) is 19.9 Å². The van der Waals surface area contributed by atoms with Crippen molar-refractivity contribution in [2.24, 2.45) is 0 Å². The molecule has 0 aliphatic heterocycles. The number of amides is 1. The number of ether oxygens (including phenoxy) is 1. The third-order valence-corrected chi connectivity index (χ3v) is 4.82. The highest BCUT2D eigenvalue weighted by Crippen LogP contribution is 2.26. The molecule has 3 rings (SSSR count). The van der Waals surface area contributed by atoms with Gasteiger partial charge in [-0.1, -0.05) is 17.8 Å². The van der Waals surface area contributed by atoms with Crippen LogP contribution < -0.4 is 4.74 Å². The Morgan fingerprint density at radius 3 is 2.64 bits per heavy atom. The predicted octanol–water partition coefficient (Wildman–Crippen LogP) is 4.38. The lowest BCUT2D eigenvalue weighted by Gasteiger charge is -2.17. The topological polar surface area (TPSA) is 55.6 Å². The van der Waals surface area contributed by atoms with Crippen LogP contribution in [0.1, 0.15) is 5.56 Å². The van der Waals surface area contributed by atoms with E-state index in [2.05, 4.69) is 4.98 Å². The second kappa shape index (κ2) is 8.88. The summed E-state index contributed by atoms with van der Waals surface area (Å²) < 4.78 is 37.2. The van der Waals surface area contributed by atoms with Crippen molar-refractivity contribution in [3.63, 3.8) is 0 Å². The van der Waals surface area contributed by atoms with Crippen LogP contribution in [-0.2, 0) is 11.3 Å². The number of methoxy groups -OCH3 is 1. The Bertz CT molecular complexity index is 960. The molecule has 0 radical (unpaired) electrons. The van der Waals surface area contributed by atoms with Crippen LogP contribution in [0.2, 0.25) is 0 Å². The minimum absolute atomic E-state index is 0.124. The molecular weight excluding hydrogens is 386 g/mol. The third-order valence-electron chi connectivity index (χ3n) is 3.99. The molecule has 2 aromatic carbocycles. The molecule has 0 bridgehead atoms. The van der Waals surface area contributed by atoms with E-state index in [0.717, 1.165) is 11.8 Å². The van der Waals surface area contributed by atoms with Crippen LogP contribution in [0.4, 0.5) is 8.78 Å². The third kappa shape index (κ3) is 4.89. The van der Waals surface area contributed by atoms with E-state index in [1.807, 2.05) is 0 Å². The fourth-order valence-electron chi connectivity index (χ4n) is 2.48. The Kier molecular flexibility index (Phi) is 6.30. The predicted molar refractivity (Wildman–Crippen MR) is 102 cm³/mol. The van der Waals surface area contributed by atoms with Crippen LogP contribution in [0.5, 0.6) is 5.75 Å². The Labute approximate surface area is 165 Å². The van der Waals surface area contributed by atoms with Gasteiger partial charge in [-0.15, -0.1) is 0 Å². The van der Waals surface area contributed by atoms with Gasteiger partial charge in [0.15, 0.2) is 17.3 Å². The first kappa shape index (κ1) is 19.9. The Morgan fingerprint density at radius 1 is 1.21 bits per heavy atom. The second-order valence-electron chi connectivity index (χ2n) is 6.00. The fourth-order valence-corrected chi connectivity index (χ4v) is 3.22. The summed E-state index contributed by atoms with van der Waals surface area (Å²) in [6.07, 6.45) is 1.53. The van der Waals surface area contributed by atoms with E-state index >= 15 is 0 Å². The molecular formula is C20H18F2N2O3S. The molecule has 0 spiro atoms. The summed E-state index contributed by atoms with van der Waals surface area (Å²) in [6.45, 7) is 0.271. The summed E-state index contributed by atoms with van der Waals surface area (Å²) in [5, 5.41) is 0.344. The lowest BCUT2D eigenvalue weighted by molar-refractivity contribution is -0.127. The number of carbonyl (C=O) groups is 1. The van der Waals surface area contributed by atoms with Gasteiger partial charge in [0.2, 0.25) is 5.91 Å². The zero-order chi connectivity index (χ0) is 20.1. The van der Waals surface area contributed by atoms with Crippen LogP contribution >= 0.6 is 11.8 Å². The molecule has 3 aromatic rings. The number of halogens is 2. The van der Waals surface area contributed by atoms with Crippen LogP contribution in [-0.4, -0.2) is 35.7 Å². The van der Waals surface area contributed by atoms with E-state index in [4.69, 9.17) is 9.15 Å². The first-order chi connectivity index (χ1) is 13.5. The van der Waals surface area contributed by atoms with Gasteiger partial charge >= 0.3 is 0 Å². The molecule has 0 fully saturated rings. The number of nitrogens with zero attached hydrogens (tertiary/aromatic N) is 2. The number of aromatic nitrogens is 1. The summed E-state index contributed by atoms with van der Waals surface area (Å²) in [4.78, 5) is 17.9. The zero-order valence-corrected chi connectivity index (χ0v) is 16.1. The maximum atomic E-state index is 13.8. The first-order valence-electron chi connectivity index (χ1n) is 8.37. The van der Waals surface area contributed by atoms with Crippen molar-refractivity contribution in [3.8, 4) is 17.1 Å². The van der Waals surface area contributed by atoms with E-state index in [1.165, 1.54) is 42.5 Å². The number of hydrogen-bond acceptors (Lipinski definition) is 5. The van der Waals surface area contributed by atoms with E-state index in [1.54, 1.807) is 25.2 Å². The van der Waals surface area contributed by atoms with Gasteiger partial charge in [-0.2, -0.15) is 0 Å². The molecule has 1 amide bonds. The van der Waals surface area contributed by atoms with Gasteiger partial charge in [0.1, 0.15) is 5.82 Å². The fraction of sp³-hybridized carbons (Fsp3) is 0.200. The number of carbonyl (C=O) groups excluding carboxylic acids is 1. The highest BCUT2D eigenvalue weighted by Gasteiger charge is 2.14. The second-order valence-corrected chi connectivity index (χ2v) is 6.93. The summed E-state index contributed by atoms with van der Waals surface area (Å²) in [5.41, 5.74) is 1.36. The van der Waals surface area contributed by atoms with Crippen molar-refractivity contribution in [3.05, 3.63) is 65.9 Å². The van der Waals surface area contributed by atoms with Gasteiger partial charge in [-0.3, -0.25) is 4.79 Å². The average molecular weight is 404 g/mol. The molecule has 8 heteroatoms. The molecule has 0 unspecified atom stereocenters. The van der Waals surface area contributed by atoms with Crippen molar-refractivity contribution in [1.82, 2.24) is 9.88 Å². The zero-order valence-electron chi connectivity index (χ0n) is 15.3. The molecule has 146 valence electrons. The SMILES string of the molecule is COc1ccc(CN(C)C(=O)CSc2ncc(-c3ccc(F)cc3)o2)cc1F. The largest absolute Gasteiger partial charge is 0.494 e. The smallest absolute Gasteiger partial charge is 0.256 e. The quantitative estimate of drug-likeness (QED) is 0.547. The highest BCUT2D eigenvalue weighted by molar-refractivity contribution is 7.99. The number of oxazole rings is 1. The molecule has 0 saturated carbocycles. The molecule has 1 aromatic heterocycles. The van der Waals surface area contributed by atoms with Gasteiger partial charge in [-0.05, 0) is 42.0 Å². The highest BCUT2D eigenvalue weighted by atomic mass is 32.2.